The molecule has 0 aromatic rings. The number of halogens is 1. The molecule has 1 atom stereocenters. The molecule has 0 aliphatic rings. The van der Waals surface area contributed by atoms with Crippen molar-refractivity contribution in [1.29, 1.82) is 0 Å². The van der Waals surface area contributed by atoms with Gasteiger partial charge in [-0.3, -0.25) is 4.79 Å². The highest BCUT2D eigenvalue weighted by Gasteiger charge is 2.08. The van der Waals surface area contributed by atoms with Crippen LogP contribution in [0, 0.1) is 0 Å². The number of ether oxygens (including phenoxy) is 1. The SMILES string of the molecule is COC(=O)CC(O)CCBr. The maximum Gasteiger partial charge on any atom is 0.308 e. The van der Waals surface area contributed by atoms with E-state index in [2.05, 4.69) is 20.7 Å². The van der Waals surface area contributed by atoms with Crippen LogP contribution in [0.2, 0.25) is 0 Å². The van der Waals surface area contributed by atoms with Gasteiger partial charge in [0.25, 0.3) is 0 Å². The standard InChI is InChI=1S/C6H11BrO3/c1-10-6(9)4-5(8)2-3-7/h5,8H,2-4H2,1H3. The first-order valence-corrected chi connectivity index (χ1v) is 4.13. The van der Waals surface area contributed by atoms with Crippen molar-refractivity contribution in [3.8, 4) is 0 Å². The molecule has 0 bridgehead atoms. The first-order chi connectivity index (χ1) is 4.70. The first kappa shape index (κ1) is 9.91. The summed E-state index contributed by atoms with van der Waals surface area (Å²) >= 11 is 3.15. The summed E-state index contributed by atoms with van der Waals surface area (Å²) in [7, 11) is 1.31. The molecule has 0 fully saturated rings. The van der Waals surface area contributed by atoms with Crippen molar-refractivity contribution >= 4 is 21.9 Å². The lowest BCUT2D eigenvalue weighted by molar-refractivity contribution is -0.142. The van der Waals surface area contributed by atoms with Crippen molar-refractivity contribution in [2.75, 3.05) is 12.4 Å². The topological polar surface area (TPSA) is 46.5 Å². The Kier molecular flexibility index (Phi) is 5.63. The summed E-state index contributed by atoms with van der Waals surface area (Å²) in [5.41, 5.74) is 0. The number of hydrogen-bond donors (Lipinski definition) is 1. The second-order valence-electron chi connectivity index (χ2n) is 1.91. The van der Waals surface area contributed by atoms with E-state index in [0.717, 1.165) is 0 Å². The highest BCUT2D eigenvalue weighted by atomic mass is 79.9. The normalized spacial score (nSPS) is 12.7. The molecule has 0 aromatic carbocycles. The average Bonchev–Trinajstić information content (AvgIpc) is 1.88. The third-order valence-corrected chi connectivity index (χ3v) is 1.53. The fourth-order valence-corrected chi connectivity index (χ4v) is 1.03. The van der Waals surface area contributed by atoms with Gasteiger partial charge >= 0.3 is 5.97 Å². The van der Waals surface area contributed by atoms with Gasteiger partial charge in [0.1, 0.15) is 0 Å². The third kappa shape index (κ3) is 4.76. The van der Waals surface area contributed by atoms with Crippen molar-refractivity contribution in [3.63, 3.8) is 0 Å². The summed E-state index contributed by atoms with van der Waals surface area (Å²) < 4.78 is 4.35. The lowest BCUT2D eigenvalue weighted by Crippen LogP contribution is -2.14. The Labute approximate surface area is 68.5 Å². The first-order valence-electron chi connectivity index (χ1n) is 3.01. The van der Waals surface area contributed by atoms with Gasteiger partial charge in [-0.2, -0.15) is 0 Å². The van der Waals surface area contributed by atoms with Gasteiger partial charge in [0, 0.05) is 5.33 Å². The molecule has 0 heterocycles. The number of carbonyl (C=O) groups excluding carboxylic acids is 1. The van der Waals surface area contributed by atoms with Crippen LogP contribution in [0.5, 0.6) is 0 Å². The molecule has 0 amide bonds. The van der Waals surface area contributed by atoms with E-state index < -0.39 is 6.10 Å². The highest BCUT2D eigenvalue weighted by molar-refractivity contribution is 9.09. The minimum atomic E-state index is -0.577. The Morgan fingerprint density at radius 3 is 2.80 bits per heavy atom. The quantitative estimate of drug-likeness (QED) is 0.549. The van der Waals surface area contributed by atoms with E-state index in [1.165, 1.54) is 7.11 Å². The van der Waals surface area contributed by atoms with E-state index in [1.54, 1.807) is 0 Å². The van der Waals surface area contributed by atoms with Gasteiger partial charge < -0.3 is 9.84 Å². The van der Waals surface area contributed by atoms with Crippen molar-refractivity contribution < 1.29 is 14.6 Å². The summed E-state index contributed by atoms with van der Waals surface area (Å²) in [5, 5.41) is 9.72. The van der Waals surface area contributed by atoms with Crippen LogP contribution in [-0.2, 0) is 9.53 Å². The zero-order valence-electron chi connectivity index (χ0n) is 5.84. The molecule has 0 rings (SSSR count). The largest absolute Gasteiger partial charge is 0.469 e. The Hall–Kier alpha value is -0.0900. The fourth-order valence-electron chi connectivity index (χ4n) is 0.504. The summed E-state index contributed by atoms with van der Waals surface area (Å²) in [6.07, 6.45) is 0.0869. The third-order valence-electron chi connectivity index (χ3n) is 1.07. The molecule has 0 aliphatic carbocycles. The zero-order valence-corrected chi connectivity index (χ0v) is 7.43. The molecule has 1 N–H and O–H groups in total. The minimum absolute atomic E-state index is 0.0854. The number of aliphatic hydroxyl groups excluding tert-OH is 1. The lowest BCUT2D eigenvalue weighted by Gasteiger charge is -2.05. The van der Waals surface area contributed by atoms with Gasteiger partial charge in [-0.15, -0.1) is 0 Å². The number of carbonyl (C=O) groups is 1. The minimum Gasteiger partial charge on any atom is -0.469 e. The van der Waals surface area contributed by atoms with Crippen LogP contribution in [0.25, 0.3) is 0 Å². The van der Waals surface area contributed by atoms with E-state index in [9.17, 15) is 4.79 Å². The highest BCUT2D eigenvalue weighted by Crippen LogP contribution is 2.01. The van der Waals surface area contributed by atoms with Crippen LogP contribution in [0.3, 0.4) is 0 Å². The Bertz CT molecular complexity index is 105. The van der Waals surface area contributed by atoms with Crippen molar-refractivity contribution in [2.24, 2.45) is 0 Å². The van der Waals surface area contributed by atoms with Gasteiger partial charge in [0.05, 0.1) is 19.6 Å². The van der Waals surface area contributed by atoms with Crippen LogP contribution in [0.1, 0.15) is 12.8 Å². The van der Waals surface area contributed by atoms with E-state index >= 15 is 0 Å². The molecule has 4 heteroatoms. The Morgan fingerprint density at radius 1 is 1.80 bits per heavy atom. The monoisotopic (exact) mass is 210 g/mol. The van der Waals surface area contributed by atoms with Crippen LogP contribution >= 0.6 is 15.9 Å². The van der Waals surface area contributed by atoms with Gasteiger partial charge in [-0.05, 0) is 6.42 Å². The van der Waals surface area contributed by atoms with E-state index in [-0.39, 0.29) is 12.4 Å². The van der Waals surface area contributed by atoms with E-state index in [1.807, 2.05) is 0 Å². The molecule has 60 valence electrons. The van der Waals surface area contributed by atoms with Gasteiger partial charge in [-0.25, -0.2) is 0 Å². The van der Waals surface area contributed by atoms with Crippen LogP contribution < -0.4 is 0 Å². The van der Waals surface area contributed by atoms with Crippen molar-refractivity contribution in [2.45, 2.75) is 18.9 Å². The van der Waals surface area contributed by atoms with E-state index in [0.29, 0.717) is 11.8 Å². The summed E-state index contributed by atoms with van der Waals surface area (Å²) in [6, 6.07) is 0. The summed E-state index contributed by atoms with van der Waals surface area (Å²) in [4.78, 5) is 10.5. The molecule has 10 heavy (non-hydrogen) atoms. The smallest absolute Gasteiger partial charge is 0.308 e. The fraction of sp³-hybridized carbons (Fsp3) is 0.833. The summed E-state index contributed by atoms with van der Waals surface area (Å²) in [5.74, 6) is -0.367. The summed E-state index contributed by atoms with van der Waals surface area (Å²) in [6.45, 7) is 0. The van der Waals surface area contributed by atoms with Gasteiger partial charge in [0.15, 0.2) is 0 Å². The molecular weight excluding hydrogens is 200 g/mol. The number of alkyl halides is 1. The molecule has 1 unspecified atom stereocenters. The van der Waals surface area contributed by atoms with Gasteiger partial charge in [-0.1, -0.05) is 15.9 Å². The Morgan fingerprint density at radius 2 is 2.40 bits per heavy atom. The van der Waals surface area contributed by atoms with Crippen LogP contribution in [0.15, 0.2) is 0 Å². The number of esters is 1. The van der Waals surface area contributed by atoms with E-state index in [4.69, 9.17) is 5.11 Å². The Balaban J connectivity index is 3.37. The number of aliphatic hydroxyl groups is 1. The number of hydrogen-bond acceptors (Lipinski definition) is 3. The maximum atomic E-state index is 10.5. The molecule has 0 saturated carbocycles. The molecule has 0 radical (unpaired) electrons. The number of methoxy groups -OCH3 is 1. The maximum absolute atomic E-state index is 10.5. The average molecular weight is 211 g/mol. The second-order valence-corrected chi connectivity index (χ2v) is 2.70. The zero-order chi connectivity index (χ0) is 7.98. The molecule has 0 spiro atoms. The molecule has 3 nitrogen and oxygen atoms in total. The number of rotatable bonds is 4. The van der Waals surface area contributed by atoms with Gasteiger partial charge in [0.2, 0.25) is 0 Å². The second kappa shape index (κ2) is 5.68. The predicted octanol–water partition coefficient (Wildman–Crippen LogP) is 0.695. The molecular formula is C6H11BrO3. The molecule has 0 aliphatic heterocycles. The van der Waals surface area contributed by atoms with Crippen molar-refractivity contribution in [1.82, 2.24) is 0 Å². The lowest BCUT2D eigenvalue weighted by atomic mass is 10.2. The molecule has 0 aromatic heterocycles. The predicted molar refractivity (Wildman–Crippen MR) is 41.1 cm³/mol. The van der Waals surface area contributed by atoms with Crippen molar-refractivity contribution in [3.05, 3.63) is 0 Å². The molecule has 0 saturated heterocycles. The van der Waals surface area contributed by atoms with Crippen LogP contribution in [0.4, 0.5) is 0 Å². The van der Waals surface area contributed by atoms with Crippen LogP contribution in [-0.4, -0.2) is 29.6 Å².